The van der Waals surface area contributed by atoms with Crippen molar-refractivity contribution in [1.29, 1.82) is 0 Å². The van der Waals surface area contributed by atoms with Gasteiger partial charge in [-0.2, -0.15) is 0 Å². The molecule has 0 radical (unpaired) electrons. The molecule has 1 saturated heterocycles. The Kier molecular flexibility index (Phi) is 6.55. The second kappa shape index (κ2) is 9.93. The van der Waals surface area contributed by atoms with Crippen molar-refractivity contribution >= 4 is 16.9 Å². The normalized spacial score (nSPS) is 16.4. The highest BCUT2D eigenvalue weighted by Crippen LogP contribution is 2.37. The minimum atomic E-state index is -0.145. The third-order valence-corrected chi connectivity index (χ3v) is 6.93. The molecule has 3 aromatic carbocycles. The van der Waals surface area contributed by atoms with E-state index < -0.39 is 0 Å². The SMILES string of the molecule is COc1ccc(-c2cc(O[C@H](C)[C@@H]3CC(=O)N(Cc4ccccc4)C3)c3c(c2)ncn3C)cc1OC. The zero-order valence-corrected chi connectivity index (χ0v) is 21.1. The third kappa shape index (κ3) is 4.61. The van der Waals surface area contributed by atoms with Gasteiger partial charge in [-0.3, -0.25) is 4.79 Å². The molecule has 1 aliphatic heterocycles. The van der Waals surface area contributed by atoms with Crippen molar-refractivity contribution in [3.05, 3.63) is 72.6 Å². The summed E-state index contributed by atoms with van der Waals surface area (Å²) in [5.74, 6) is 2.36. The summed E-state index contributed by atoms with van der Waals surface area (Å²) in [5.41, 5.74) is 4.86. The van der Waals surface area contributed by atoms with Crippen LogP contribution < -0.4 is 14.2 Å². The van der Waals surface area contributed by atoms with Gasteiger partial charge in [0.2, 0.25) is 5.91 Å². The van der Waals surface area contributed by atoms with E-state index in [0.717, 1.165) is 33.5 Å². The minimum Gasteiger partial charge on any atom is -0.493 e. The van der Waals surface area contributed by atoms with Crippen LogP contribution in [0.5, 0.6) is 17.2 Å². The van der Waals surface area contributed by atoms with Crippen molar-refractivity contribution in [2.45, 2.75) is 26.0 Å². The molecule has 0 bridgehead atoms. The summed E-state index contributed by atoms with van der Waals surface area (Å²) >= 11 is 0. The predicted molar refractivity (Wildman–Crippen MR) is 139 cm³/mol. The number of carbonyl (C=O) groups is 1. The van der Waals surface area contributed by atoms with Crippen LogP contribution in [0, 0.1) is 5.92 Å². The minimum absolute atomic E-state index is 0.106. The van der Waals surface area contributed by atoms with Gasteiger partial charge >= 0.3 is 0 Å². The Bertz CT molecular complexity index is 1380. The van der Waals surface area contributed by atoms with E-state index in [4.69, 9.17) is 14.2 Å². The number of fused-ring (bicyclic) bond motifs is 1. The Labute approximate surface area is 211 Å². The highest BCUT2D eigenvalue weighted by atomic mass is 16.5. The molecule has 1 aromatic heterocycles. The van der Waals surface area contributed by atoms with E-state index in [0.29, 0.717) is 31.0 Å². The fraction of sp³-hybridized carbons (Fsp3) is 0.310. The van der Waals surface area contributed by atoms with E-state index in [1.165, 1.54) is 0 Å². The van der Waals surface area contributed by atoms with Gasteiger partial charge < -0.3 is 23.7 Å². The highest BCUT2D eigenvalue weighted by molar-refractivity contribution is 5.88. The Morgan fingerprint density at radius 3 is 2.47 bits per heavy atom. The van der Waals surface area contributed by atoms with E-state index in [2.05, 4.69) is 30.1 Å². The van der Waals surface area contributed by atoms with E-state index in [9.17, 15) is 4.79 Å². The Morgan fingerprint density at radius 1 is 0.972 bits per heavy atom. The average Bonchev–Trinajstić information content (AvgIpc) is 3.46. The number of benzene rings is 3. The molecular weight excluding hydrogens is 454 g/mol. The maximum atomic E-state index is 12.8. The highest BCUT2D eigenvalue weighted by Gasteiger charge is 2.34. The third-order valence-electron chi connectivity index (χ3n) is 6.93. The lowest BCUT2D eigenvalue weighted by Crippen LogP contribution is -2.28. The van der Waals surface area contributed by atoms with Crippen LogP contribution in [0.25, 0.3) is 22.2 Å². The van der Waals surface area contributed by atoms with Gasteiger partial charge in [0, 0.05) is 32.5 Å². The lowest BCUT2D eigenvalue weighted by Gasteiger charge is -2.23. The summed E-state index contributed by atoms with van der Waals surface area (Å²) in [7, 11) is 5.22. The van der Waals surface area contributed by atoms with Crippen molar-refractivity contribution in [1.82, 2.24) is 14.5 Å². The number of amides is 1. The van der Waals surface area contributed by atoms with E-state index in [1.54, 1.807) is 20.5 Å². The second-order valence-electron chi connectivity index (χ2n) is 9.31. The zero-order valence-electron chi connectivity index (χ0n) is 21.1. The molecule has 186 valence electrons. The smallest absolute Gasteiger partial charge is 0.223 e. The van der Waals surface area contributed by atoms with E-state index in [-0.39, 0.29) is 17.9 Å². The molecule has 2 atom stereocenters. The van der Waals surface area contributed by atoms with Gasteiger partial charge in [0.05, 0.1) is 26.1 Å². The number of aryl methyl sites for hydroxylation is 1. The first-order chi connectivity index (χ1) is 17.5. The number of carbonyl (C=O) groups excluding carboxylic acids is 1. The molecule has 4 aromatic rings. The standard InChI is InChI=1S/C29H31N3O4/c1-19(23-15-28(33)32(17-23)16-20-8-6-5-7-9-20)36-27-14-22(12-24-29(27)31(2)18-30-24)21-10-11-25(34-3)26(13-21)35-4/h5-14,18-19,23H,15-17H2,1-4H3/t19-,23-/m1/s1. The second-order valence-corrected chi connectivity index (χ2v) is 9.31. The van der Waals surface area contributed by atoms with Crippen LogP contribution in [-0.2, 0) is 18.4 Å². The molecule has 0 N–H and O–H groups in total. The Balaban J connectivity index is 1.41. The van der Waals surface area contributed by atoms with Crippen LogP contribution in [0.3, 0.4) is 0 Å². The van der Waals surface area contributed by atoms with E-state index >= 15 is 0 Å². The number of hydrogen-bond donors (Lipinski definition) is 0. The van der Waals surface area contributed by atoms with Gasteiger partial charge in [-0.25, -0.2) is 4.98 Å². The van der Waals surface area contributed by atoms with E-state index in [1.807, 2.05) is 59.0 Å². The fourth-order valence-electron chi connectivity index (χ4n) is 4.90. The van der Waals surface area contributed by atoms with Gasteiger partial charge in [-0.05, 0) is 47.9 Å². The summed E-state index contributed by atoms with van der Waals surface area (Å²) in [5, 5.41) is 0. The van der Waals surface area contributed by atoms with Gasteiger partial charge in [0.25, 0.3) is 0 Å². The number of methoxy groups -OCH3 is 2. The molecule has 0 unspecified atom stereocenters. The first-order valence-electron chi connectivity index (χ1n) is 12.1. The van der Waals surface area contributed by atoms with Crippen LogP contribution in [0.4, 0.5) is 0 Å². The molecule has 5 rings (SSSR count). The molecule has 7 nitrogen and oxygen atoms in total. The largest absolute Gasteiger partial charge is 0.493 e. The van der Waals surface area contributed by atoms with Crippen molar-refractivity contribution in [3.8, 4) is 28.4 Å². The molecule has 2 heterocycles. The molecule has 36 heavy (non-hydrogen) atoms. The number of likely N-dealkylation sites (tertiary alicyclic amines) is 1. The maximum Gasteiger partial charge on any atom is 0.223 e. The molecule has 1 amide bonds. The lowest BCUT2D eigenvalue weighted by molar-refractivity contribution is -0.128. The topological polar surface area (TPSA) is 65.8 Å². The van der Waals surface area contributed by atoms with Crippen LogP contribution in [0.1, 0.15) is 18.9 Å². The van der Waals surface area contributed by atoms with Crippen molar-refractivity contribution in [2.75, 3.05) is 20.8 Å². The summed E-state index contributed by atoms with van der Waals surface area (Å²) in [4.78, 5) is 19.3. The van der Waals surface area contributed by atoms with Gasteiger partial charge in [0.1, 0.15) is 17.4 Å². The quantitative estimate of drug-likeness (QED) is 0.349. The first-order valence-corrected chi connectivity index (χ1v) is 12.1. The van der Waals surface area contributed by atoms with Crippen LogP contribution in [0.2, 0.25) is 0 Å². The van der Waals surface area contributed by atoms with Crippen LogP contribution >= 0.6 is 0 Å². The maximum absolute atomic E-state index is 12.8. The average molecular weight is 486 g/mol. The zero-order chi connectivity index (χ0) is 25.2. The summed E-state index contributed by atoms with van der Waals surface area (Å²) in [6.45, 7) is 3.36. The Hall–Kier alpha value is -4.00. The van der Waals surface area contributed by atoms with Gasteiger partial charge in [-0.1, -0.05) is 36.4 Å². The number of hydrogen-bond acceptors (Lipinski definition) is 5. The van der Waals surface area contributed by atoms with Gasteiger partial charge in [-0.15, -0.1) is 0 Å². The molecule has 0 saturated carbocycles. The number of rotatable bonds is 8. The first kappa shape index (κ1) is 23.7. The summed E-state index contributed by atoms with van der Waals surface area (Å²) < 4.78 is 19.4. The van der Waals surface area contributed by atoms with Gasteiger partial charge in [0.15, 0.2) is 11.5 Å². The predicted octanol–water partition coefficient (Wildman–Crippen LogP) is 5.07. The fourth-order valence-corrected chi connectivity index (χ4v) is 4.90. The van der Waals surface area contributed by atoms with Crippen LogP contribution in [0.15, 0.2) is 67.0 Å². The van der Waals surface area contributed by atoms with Crippen molar-refractivity contribution < 1.29 is 19.0 Å². The molecular formula is C29H31N3O4. The number of aromatic nitrogens is 2. The molecule has 7 heteroatoms. The number of imidazole rings is 1. The molecule has 0 spiro atoms. The monoisotopic (exact) mass is 485 g/mol. The lowest BCUT2D eigenvalue weighted by atomic mass is 10.0. The number of nitrogens with zero attached hydrogens (tertiary/aromatic N) is 3. The molecule has 0 aliphatic carbocycles. The number of ether oxygens (including phenoxy) is 3. The van der Waals surface area contributed by atoms with Crippen molar-refractivity contribution in [3.63, 3.8) is 0 Å². The molecule has 1 aliphatic rings. The van der Waals surface area contributed by atoms with Crippen molar-refractivity contribution in [2.24, 2.45) is 13.0 Å². The Morgan fingerprint density at radius 2 is 1.72 bits per heavy atom. The summed E-state index contributed by atoms with van der Waals surface area (Å²) in [6.07, 6.45) is 2.13. The summed E-state index contributed by atoms with van der Waals surface area (Å²) in [6, 6.07) is 20.0. The van der Waals surface area contributed by atoms with Crippen LogP contribution in [-0.4, -0.2) is 47.2 Å². The molecule has 1 fully saturated rings.